The highest BCUT2D eigenvalue weighted by Crippen LogP contribution is 2.55. The maximum Gasteiger partial charge on any atom is 0.327 e. The van der Waals surface area contributed by atoms with Gasteiger partial charge in [-0.15, -0.1) is 11.8 Å². The van der Waals surface area contributed by atoms with Crippen molar-refractivity contribution in [1.82, 2.24) is 10.2 Å². The Hall–Kier alpha value is -2.75. The van der Waals surface area contributed by atoms with Gasteiger partial charge in [0.1, 0.15) is 17.2 Å². The Labute approximate surface area is 204 Å². The van der Waals surface area contributed by atoms with Gasteiger partial charge in [0.15, 0.2) is 11.9 Å². The molecule has 3 rings (SSSR count). The summed E-state index contributed by atoms with van der Waals surface area (Å²) in [5.74, 6) is -2.41. The van der Waals surface area contributed by atoms with Gasteiger partial charge in [-0.1, -0.05) is 13.3 Å². The molecule has 0 saturated carbocycles. The highest BCUT2D eigenvalue weighted by molar-refractivity contribution is 8.01. The van der Waals surface area contributed by atoms with Crippen LogP contribution in [0.15, 0.2) is 24.3 Å². The van der Waals surface area contributed by atoms with Gasteiger partial charge in [0, 0.05) is 24.5 Å². The number of unbranched alkanes of at least 4 members (excludes halogenated alkanes) is 1. The molecule has 2 saturated heterocycles. The van der Waals surface area contributed by atoms with E-state index < -0.39 is 51.4 Å². The molecule has 2 amide bonds. The second-order valence-corrected chi connectivity index (χ2v) is 11.3. The van der Waals surface area contributed by atoms with Crippen LogP contribution in [0.25, 0.3) is 0 Å². The monoisotopic (exact) mass is 491 g/mol. The smallest absolute Gasteiger partial charge is 0.327 e. The lowest BCUT2D eigenvalue weighted by Gasteiger charge is -2.51. The Morgan fingerprint density at radius 3 is 2.35 bits per heavy atom. The molecular formula is C24H33N3O6S. The van der Waals surface area contributed by atoms with Crippen LogP contribution in [-0.2, 0) is 19.2 Å². The Morgan fingerprint density at radius 2 is 1.85 bits per heavy atom. The van der Waals surface area contributed by atoms with Gasteiger partial charge in [-0.25, -0.2) is 4.79 Å². The lowest BCUT2D eigenvalue weighted by atomic mass is 9.81. The van der Waals surface area contributed by atoms with Gasteiger partial charge in [-0.05, 0) is 57.9 Å². The highest BCUT2D eigenvalue weighted by Gasteiger charge is 2.74. The van der Waals surface area contributed by atoms with E-state index in [9.17, 15) is 24.3 Å². The maximum absolute atomic E-state index is 13.4. The number of fused-ring (bicyclic) bond motifs is 1. The van der Waals surface area contributed by atoms with Crippen LogP contribution in [0.4, 0.5) is 5.69 Å². The second kappa shape index (κ2) is 9.48. The fraction of sp³-hybridized carbons (Fsp3) is 0.583. The van der Waals surface area contributed by atoms with Crippen molar-refractivity contribution >= 4 is 41.0 Å². The molecule has 4 atom stereocenters. The predicted octanol–water partition coefficient (Wildman–Crippen LogP) is 2.28. The van der Waals surface area contributed by atoms with E-state index in [0.717, 1.165) is 12.1 Å². The standard InChI is InChI=1S/C24H33N3O6S/c1-7-8-9-17(33-16-12-10-15(11-13-16)26(5)6)19(29)25-24(14(2)28)21(32)27-18(20(30)31)23(3,4)34-22(24)27/h10-13,17-18,22H,7-9H2,1-6H3,(H,25,29)(H,30,31)/t17?,18-,22+,24-/m0/s1. The molecule has 0 aliphatic carbocycles. The van der Waals surface area contributed by atoms with Gasteiger partial charge in [-0.3, -0.25) is 14.4 Å². The number of aliphatic carboxylic acids is 1. The zero-order valence-corrected chi connectivity index (χ0v) is 21.3. The summed E-state index contributed by atoms with van der Waals surface area (Å²) in [5.41, 5.74) is -0.822. The number of hydrogen-bond donors (Lipinski definition) is 2. The third kappa shape index (κ3) is 4.35. The Bertz CT molecular complexity index is 979. The van der Waals surface area contributed by atoms with Crippen molar-refractivity contribution in [3.05, 3.63) is 24.3 Å². The summed E-state index contributed by atoms with van der Waals surface area (Å²) in [6.45, 7) is 6.69. The molecular weight excluding hydrogens is 458 g/mol. The molecule has 1 aromatic rings. The lowest BCUT2D eigenvalue weighted by molar-refractivity contribution is -0.172. The first-order chi connectivity index (χ1) is 15.9. The summed E-state index contributed by atoms with van der Waals surface area (Å²) >= 11 is 1.22. The molecule has 186 valence electrons. The van der Waals surface area contributed by atoms with Crippen LogP contribution < -0.4 is 15.0 Å². The zero-order valence-electron chi connectivity index (χ0n) is 20.5. The topological polar surface area (TPSA) is 116 Å². The summed E-state index contributed by atoms with van der Waals surface area (Å²) in [4.78, 5) is 54.3. The number of β-lactam (4-membered cyclic amide) rings is 1. The van der Waals surface area contributed by atoms with E-state index in [0.29, 0.717) is 18.6 Å². The number of nitrogens with one attached hydrogen (secondary N) is 1. The quantitative estimate of drug-likeness (QED) is 0.378. The fourth-order valence-electron chi connectivity index (χ4n) is 4.48. The number of anilines is 1. The molecule has 2 N–H and O–H groups in total. The van der Waals surface area contributed by atoms with Crippen LogP contribution in [-0.4, -0.2) is 75.5 Å². The van der Waals surface area contributed by atoms with E-state index in [1.807, 2.05) is 38.1 Å². The molecule has 0 radical (unpaired) electrons. The number of rotatable bonds is 10. The van der Waals surface area contributed by atoms with Gasteiger partial charge in [-0.2, -0.15) is 0 Å². The first-order valence-electron chi connectivity index (χ1n) is 11.4. The number of nitrogens with zero attached hydrogens (tertiary/aromatic N) is 2. The van der Waals surface area contributed by atoms with E-state index in [-0.39, 0.29) is 0 Å². The molecule has 9 nitrogen and oxygen atoms in total. The molecule has 0 aromatic heterocycles. The predicted molar refractivity (Wildman–Crippen MR) is 130 cm³/mol. The molecule has 0 spiro atoms. The Kier molecular flexibility index (Phi) is 7.21. The van der Waals surface area contributed by atoms with Crippen molar-refractivity contribution in [3.8, 4) is 5.75 Å². The largest absolute Gasteiger partial charge is 0.481 e. The molecule has 2 aliphatic rings. The zero-order chi connectivity index (χ0) is 25.4. The summed E-state index contributed by atoms with van der Waals surface area (Å²) < 4.78 is 5.17. The maximum atomic E-state index is 13.4. The molecule has 34 heavy (non-hydrogen) atoms. The van der Waals surface area contributed by atoms with Crippen molar-refractivity contribution in [2.75, 3.05) is 19.0 Å². The van der Waals surface area contributed by atoms with Crippen LogP contribution in [0, 0.1) is 0 Å². The summed E-state index contributed by atoms with van der Waals surface area (Å²) in [5, 5.41) is 11.6. The van der Waals surface area contributed by atoms with Gasteiger partial charge in [0.2, 0.25) is 5.54 Å². The molecule has 2 fully saturated rings. The normalized spacial score (nSPS) is 25.7. The van der Waals surface area contributed by atoms with Crippen molar-refractivity contribution in [1.29, 1.82) is 0 Å². The minimum atomic E-state index is -1.80. The first kappa shape index (κ1) is 25.9. The molecule has 0 bridgehead atoms. The molecule has 1 aromatic carbocycles. The van der Waals surface area contributed by atoms with Crippen LogP contribution in [0.5, 0.6) is 5.75 Å². The summed E-state index contributed by atoms with van der Waals surface area (Å²) in [6.07, 6.45) is 1.06. The van der Waals surface area contributed by atoms with E-state index in [4.69, 9.17) is 4.74 Å². The van der Waals surface area contributed by atoms with Gasteiger partial charge in [0.25, 0.3) is 11.8 Å². The number of ketones is 1. The molecule has 1 unspecified atom stereocenters. The average molecular weight is 492 g/mol. The number of carbonyl (C=O) groups excluding carboxylic acids is 3. The van der Waals surface area contributed by atoms with Gasteiger partial charge in [0.05, 0.1) is 0 Å². The van der Waals surface area contributed by atoms with E-state index in [1.165, 1.54) is 23.6 Å². The number of Topliss-reactive ketones (excluding diaryl/α,β-unsaturated/α-hetero) is 1. The van der Waals surface area contributed by atoms with Crippen LogP contribution in [0.2, 0.25) is 0 Å². The second-order valence-electron chi connectivity index (χ2n) is 9.52. The van der Waals surface area contributed by atoms with Crippen molar-refractivity contribution in [2.45, 2.75) is 74.8 Å². The van der Waals surface area contributed by atoms with Crippen LogP contribution in [0.3, 0.4) is 0 Å². The Balaban J connectivity index is 1.85. The van der Waals surface area contributed by atoms with Crippen LogP contribution in [0.1, 0.15) is 47.0 Å². The number of hydrogen-bond acceptors (Lipinski definition) is 7. The number of ether oxygens (including phenoxy) is 1. The first-order valence-corrected chi connectivity index (χ1v) is 12.2. The third-order valence-electron chi connectivity index (χ3n) is 6.40. The summed E-state index contributed by atoms with van der Waals surface area (Å²) in [7, 11) is 3.84. The van der Waals surface area contributed by atoms with E-state index in [2.05, 4.69) is 5.32 Å². The SMILES string of the molecule is CCCCC(Oc1ccc(N(C)C)cc1)C(=O)N[C@@]1(C(C)=O)C(=O)N2[C@@H](C(=O)O)C(C)(C)S[C@@H]21. The average Bonchev–Trinajstić information content (AvgIpc) is 3.03. The number of carboxylic acid groups (broad SMARTS) is 1. The minimum Gasteiger partial charge on any atom is -0.481 e. The van der Waals surface area contributed by atoms with Crippen molar-refractivity contribution in [3.63, 3.8) is 0 Å². The number of carboxylic acids is 1. The van der Waals surface area contributed by atoms with Crippen molar-refractivity contribution < 1.29 is 29.0 Å². The number of benzene rings is 1. The van der Waals surface area contributed by atoms with Gasteiger partial charge < -0.3 is 25.0 Å². The van der Waals surface area contributed by atoms with E-state index >= 15 is 0 Å². The third-order valence-corrected chi connectivity index (χ3v) is 8.04. The molecule has 2 heterocycles. The summed E-state index contributed by atoms with van der Waals surface area (Å²) in [6, 6.07) is 6.20. The molecule has 10 heteroatoms. The highest BCUT2D eigenvalue weighted by atomic mass is 32.2. The minimum absolute atomic E-state index is 0.407. The number of thioether (sulfide) groups is 1. The van der Waals surface area contributed by atoms with Crippen molar-refractivity contribution in [2.24, 2.45) is 0 Å². The van der Waals surface area contributed by atoms with Crippen LogP contribution >= 0.6 is 11.8 Å². The number of carbonyl (C=O) groups is 4. The molecule has 2 aliphatic heterocycles. The fourth-order valence-corrected chi connectivity index (χ4v) is 6.23. The lowest BCUT2D eigenvalue weighted by Crippen LogP contribution is -2.82. The Morgan fingerprint density at radius 1 is 1.24 bits per heavy atom. The number of amides is 2. The van der Waals surface area contributed by atoms with Gasteiger partial charge >= 0.3 is 5.97 Å². The van der Waals surface area contributed by atoms with E-state index in [1.54, 1.807) is 26.0 Å².